The molecule has 0 radical (unpaired) electrons. The van der Waals surface area contributed by atoms with E-state index in [0.29, 0.717) is 17.5 Å². The monoisotopic (exact) mass is 377 g/mol. The van der Waals surface area contributed by atoms with Gasteiger partial charge in [-0.3, -0.25) is 9.69 Å². The number of aromatic nitrogens is 4. The van der Waals surface area contributed by atoms with E-state index >= 15 is 0 Å². The Morgan fingerprint density at radius 3 is 2.21 bits per heavy atom. The summed E-state index contributed by atoms with van der Waals surface area (Å²) in [4.78, 5) is 30.5. The van der Waals surface area contributed by atoms with Gasteiger partial charge in [-0.1, -0.05) is 32.9 Å². The van der Waals surface area contributed by atoms with Crippen LogP contribution in [0.1, 0.15) is 32.2 Å². The Balaban J connectivity index is 2.14. The van der Waals surface area contributed by atoms with Crippen LogP contribution < -0.4 is 9.64 Å². The summed E-state index contributed by atoms with van der Waals surface area (Å²) < 4.78 is 5.06. The lowest BCUT2D eigenvalue weighted by Gasteiger charge is -2.28. The number of benzene rings is 1. The van der Waals surface area contributed by atoms with Gasteiger partial charge in [-0.05, 0) is 29.5 Å². The second-order valence-corrected chi connectivity index (χ2v) is 7.39. The molecule has 1 amide bonds. The SMILES string of the molecule is COc1cnc(N(C=O)c2cc(-c3cnc(C)nc3)ccc2C(C)(C)C)cn1. The highest BCUT2D eigenvalue weighted by atomic mass is 16.5. The summed E-state index contributed by atoms with van der Waals surface area (Å²) in [5.74, 6) is 1.51. The molecule has 2 heterocycles. The van der Waals surface area contributed by atoms with Crippen molar-refractivity contribution in [2.45, 2.75) is 33.1 Å². The van der Waals surface area contributed by atoms with Crippen molar-refractivity contribution in [2.75, 3.05) is 12.0 Å². The zero-order chi connectivity index (χ0) is 20.3. The number of hydrogen-bond donors (Lipinski definition) is 0. The van der Waals surface area contributed by atoms with Gasteiger partial charge < -0.3 is 4.74 Å². The maximum absolute atomic E-state index is 12.0. The van der Waals surface area contributed by atoms with Crippen LogP contribution in [0.5, 0.6) is 5.88 Å². The van der Waals surface area contributed by atoms with Crippen molar-refractivity contribution in [3.63, 3.8) is 0 Å². The van der Waals surface area contributed by atoms with Crippen LogP contribution in [-0.2, 0) is 10.2 Å². The van der Waals surface area contributed by atoms with E-state index in [1.54, 1.807) is 12.4 Å². The fraction of sp³-hybridized carbons (Fsp3) is 0.286. The van der Waals surface area contributed by atoms with Gasteiger partial charge in [-0.2, -0.15) is 0 Å². The van der Waals surface area contributed by atoms with E-state index in [9.17, 15) is 4.79 Å². The number of nitrogens with zero attached hydrogens (tertiary/aromatic N) is 5. The molecule has 0 saturated carbocycles. The molecule has 0 bridgehead atoms. The van der Waals surface area contributed by atoms with E-state index in [0.717, 1.165) is 28.8 Å². The molecule has 0 atom stereocenters. The summed E-state index contributed by atoms with van der Waals surface area (Å²) >= 11 is 0. The molecule has 0 aliphatic rings. The molecule has 0 spiro atoms. The standard InChI is InChI=1S/C21H23N5O2/c1-14-22-9-16(10-23-14)15-6-7-17(21(2,3)4)18(8-15)26(13-27)19-11-25-20(28-5)12-24-19/h6-13H,1-5H3. The van der Waals surface area contributed by atoms with Gasteiger partial charge in [0.05, 0.1) is 25.2 Å². The van der Waals surface area contributed by atoms with E-state index in [4.69, 9.17) is 4.74 Å². The highest BCUT2D eigenvalue weighted by Gasteiger charge is 2.23. The third-order valence-corrected chi connectivity index (χ3v) is 4.36. The van der Waals surface area contributed by atoms with E-state index in [1.165, 1.54) is 24.4 Å². The van der Waals surface area contributed by atoms with Crippen molar-refractivity contribution in [3.05, 3.63) is 54.4 Å². The van der Waals surface area contributed by atoms with Crippen LogP contribution in [0, 0.1) is 6.92 Å². The summed E-state index contributed by atoms with van der Waals surface area (Å²) in [7, 11) is 1.52. The first-order valence-corrected chi connectivity index (χ1v) is 8.87. The van der Waals surface area contributed by atoms with Gasteiger partial charge in [0.2, 0.25) is 12.3 Å². The Morgan fingerprint density at radius 2 is 1.68 bits per heavy atom. The molecule has 0 unspecified atom stereocenters. The molecule has 0 saturated heterocycles. The number of carbonyl (C=O) groups is 1. The van der Waals surface area contributed by atoms with Gasteiger partial charge in [-0.15, -0.1) is 0 Å². The number of aryl methyl sites for hydroxylation is 1. The van der Waals surface area contributed by atoms with Gasteiger partial charge in [0, 0.05) is 18.0 Å². The first-order valence-electron chi connectivity index (χ1n) is 8.87. The minimum atomic E-state index is -0.182. The Labute approximate surface area is 164 Å². The normalized spacial score (nSPS) is 11.2. The van der Waals surface area contributed by atoms with Gasteiger partial charge in [0.15, 0.2) is 5.82 Å². The van der Waals surface area contributed by atoms with Crippen LogP contribution in [-0.4, -0.2) is 33.5 Å². The molecule has 3 aromatic rings. The summed E-state index contributed by atoms with van der Waals surface area (Å²) in [6, 6.07) is 5.99. The Morgan fingerprint density at radius 1 is 0.964 bits per heavy atom. The topological polar surface area (TPSA) is 81.1 Å². The number of amides is 1. The van der Waals surface area contributed by atoms with E-state index in [-0.39, 0.29) is 5.41 Å². The zero-order valence-corrected chi connectivity index (χ0v) is 16.7. The number of carbonyl (C=O) groups excluding carboxylic acids is 1. The number of rotatable bonds is 5. The number of hydrogen-bond acceptors (Lipinski definition) is 6. The van der Waals surface area contributed by atoms with Gasteiger partial charge in [0.1, 0.15) is 5.82 Å². The van der Waals surface area contributed by atoms with Crippen molar-refractivity contribution >= 4 is 17.9 Å². The molecule has 7 heteroatoms. The third kappa shape index (κ3) is 3.98. The first-order chi connectivity index (χ1) is 13.3. The average Bonchev–Trinajstić information content (AvgIpc) is 2.69. The maximum atomic E-state index is 12.0. The number of ether oxygens (including phenoxy) is 1. The van der Waals surface area contributed by atoms with Crippen LogP contribution in [0.4, 0.5) is 11.5 Å². The summed E-state index contributed by atoms with van der Waals surface area (Å²) in [6.45, 7) is 8.14. The van der Waals surface area contributed by atoms with Crippen molar-refractivity contribution in [1.82, 2.24) is 19.9 Å². The molecule has 0 aliphatic carbocycles. The lowest BCUT2D eigenvalue weighted by Crippen LogP contribution is -2.22. The predicted octanol–water partition coefficient (Wildman–Crippen LogP) is 3.84. The van der Waals surface area contributed by atoms with E-state index in [2.05, 4.69) is 40.7 Å². The second-order valence-electron chi connectivity index (χ2n) is 7.39. The maximum Gasteiger partial charge on any atom is 0.232 e. The largest absolute Gasteiger partial charge is 0.480 e. The molecule has 7 nitrogen and oxygen atoms in total. The molecular formula is C21H23N5O2. The fourth-order valence-electron chi connectivity index (χ4n) is 2.86. The first kappa shape index (κ1) is 19.4. The molecule has 0 N–H and O–H groups in total. The Hall–Kier alpha value is -3.35. The lowest BCUT2D eigenvalue weighted by atomic mass is 9.84. The third-order valence-electron chi connectivity index (χ3n) is 4.36. The molecule has 0 aliphatic heterocycles. The summed E-state index contributed by atoms with van der Waals surface area (Å²) in [5.41, 5.74) is 3.35. The van der Waals surface area contributed by atoms with Crippen molar-refractivity contribution < 1.29 is 9.53 Å². The lowest BCUT2D eigenvalue weighted by molar-refractivity contribution is -0.106. The van der Waals surface area contributed by atoms with Gasteiger partial charge in [0.25, 0.3) is 0 Å². The minimum Gasteiger partial charge on any atom is -0.480 e. The van der Waals surface area contributed by atoms with Crippen molar-refractivity contribution in [3.8, 4) is 17.0 Å². The van der Waals surface area contributed by atoms with Crippen molar-refractivity contribution in [1.29, 1.82) is 0 Å². The highest BCUT2D eigenvalue weighted by molar-refractivity contribution is 5.88. The fourth-order valence-corrected chi connectivity index (χ4v) is 2.86. The van der Waals surface area contributed by atoms with E-state index in [1.807, 2.05) is 25.1 Å². The molecule has 144 valence electrons. The van der Waals surface area contributed by atoms with Crippen LogP contribution in [0.15, 0.2) is 43.0 Å². The van der Waals surface area contributed by atoms with Crippen LogP contribution in [0.25, 0.3) is 11.1 Å². The predicted molar refractivity (Wildman–Crippen MR) is 108 cm³/mol. The molecule has 3 rings (SSSR count). The smallest absolute Gasteiger partial charge is 0.232 e. The van der Waals surface area contributed by atoms with Crippen LogP contribution in [0.3, 0.4) is 0 Å². The highest BCUT2D eigenvalue weighted by Crippen LogP contribution is 2.37. The quantitative estimate of drug-likeness (QED) is 0.628. The zero-order valence-electron chi connectivity index (χ0n) is 16.7. The Bertz CT molecular complexity index is 964. The molecule has 1 aromatic carbocycles. The van der Waals surface area contributed by atoms with Crippen molar-refractivity contribution in [2.24, 2.45) is 0 Å². The molecular weight excluding hydrogens is 354 g/mol. The molecule has 0 fully saturated rings. The molecule has 28 heavy (non-hydrogen) atoms. The van der Waals surface area contributed by atoms with Crippen LogP contribution in [0.2, 0.25) is 0 Å². The minimum absolute atomic E-state index is 0.182. The summed E-state index contributed by atoms with van der Waals surface area (Å²) in [6.07, 6.45) is 7.30. The van der Waals surface area contributed by atoms with Gasteiger partial charge >= 0.3 is 0 Å². The van der Waals surface area contributed by atoms with E-state index < -0.39 is 0 Å². The van der Waals surface area contributed by atoms with Crippen LogP contribution >= 0.6 is 0 Å². The van der Waals surface area contributed by atoms with Gasteiger partial charge in [-0.25, -0.2) is 19.9 Å². The second kappa shape index (κ2) is 7.72. The summed E-state index contributed by atoms with van der Waals surface area (Å²) in [5, 5.41) is 0. The molecule has 2 aromatic heterocycles. The average molecular weight is 377 g/mol. The Kier molecular flexibility index (Phi) is 5.35. The number of methoxy groups -OCH3 is 1. The number of anilines is 2.